The molecule has 6 nitrogen and oxygen atoms in total. The molecule has 0 bridgehead atoms. The molecule has 0 amide bonds. The topological polar surface area (TPSA) is 95.1 Å². The van der Waals surface area contributed by atoms with Gasteiger partial charge in [-0.1, -0.05) is 30.8 Å². The standard InChI is InChI=1S/C19H19N3O3S/c1-2-26-19-21-17-16(18(25)22-19)14(10-5-3-6-11(23)9-10)15-12(20-17)7-4-8-13(15)24/h3,5-6,9,14,23H,2,4,7-8H2,1H3,(H2,20,21,22,25). The molecule has 0 saturated carbocycles. The second-order valence-electron chi connectivity index (χ2n) is 6.39. The van der Waals surface area contributed by atoms with Crippen LogP contribution in [-0.4, -0.2) is 26.6 Å². The first-order valence-electron chi connectivity index (χ1n) is 8.67. The summed E-state index contributed by atoms with van der Waals surface area (Å²) < 4.78 is 0. The Morgan fingerprint density at radius 3 is 2.92 bits per heavy atom. The Labute approximate surface area is 154 Å². The number of aromatic nitrogens is 2. The van der Waals surface area contributed by atoms with Crippen LogP contribution in [0.2, 0.25) is 0 Å². The fourth-order valence-corrected chi connectivity index (χ4v) is 4.28. The number of rotatable bonds is 3. The Morgan fingerprint density at radius 1 is 1.31 bits per heavy atom. The van der Waals surface area contributed by atoms with Crippen LogP contribution >= 0.6 is 11.8 Å². The number of hydrogen-bond acceptors (Lipinski definition) is 6. The minimum absolute atomic E-state index is 0.0455. The summed E-state index contributed by atoms with van der Waals surface area (Å²) in [5, 5.41) is 13.7. The summed E-state index contributed by atoms with van der Waals surface area (Å²) in [6.45, 7) is 1.99. The minimum Gasteiger partial charge on any atom is -0.508 e. The lowest BCUT2D eigenvalue weighted by Gasteiger charge is -2.32. The van der Waals surface area contributed by atoms with E-state index < -0.39 is 5.92 Å². The van der Waals surface area contributed by atoms with Crippen molar-refractivity contribution in [3.63, 3.8) is 0 Å². The van der Waals surface area contributed by atoms with Crippen molar-refractivity contribution < 1.29 is 9.90 Å². The van der Waals surface area contributed by atoms with E-state index in [1.165, 1.54) is 11.8 Å². The molecule has 1 unspecified atom stereocenters. The lowest BCUT2D eigenvalue weighted by Crippen LogP contribution is -2.32. The van der Waals surface area contributed by atoms with Crippen molar-refractivity contribution in [1.82, 2.24) is 9.97 Å². The SMILES string of the molecule is CCSc1nc2c(c(=O)[nH]1)C(c1cccc(O)c1)C1=C(CCCC1=O)N2. The Morgan fingerprint density at radius 2 is 2.15 bits per heavy atom. The number of thioether (sulfide) groups is 1. The average molecular weight is 369 g/mol. The number of phenols is 1. The molecule has 1 aromatic heterocycles. The van der Waals surface area contributed by atoms with E-state index in [9.17, 15) is 14.7 Å². The van der Waals surface area contributed by atoms with Crippen LogP contribution in [0.4, 0.5) is 5.82 Å². The van der Waals surface area contributed by atoms with Crippen molar-refractivity contribution in [2.75, 3.05) is 11.1 Å². The monoisotopic (exact) mass is 369 g/mol. The molecule has 4 rings (SSSR count). The number of anilines is 1. The quantitative estimate of drug-likeness (QED) is 0.568. The van der Waals surface area contributed by atoms with E-state index in [1.807, 2.05) is 13.0 Å². The Balaban J connectivity index is 1.96. The first-order valence-corrected chi connectivity index (χ1v) is 9.66. The van der Waals surface area contributed by atoms with Gasteiger partial charge in [-0.15, -0.1) is 0 Å². The van der Waals surface area contributed by atoms with Crippen LogP contribution in [0, 0.1) is 0 Å². The van der Waals surface area contributed by atoms with Crippen LogP contribution in [0.15, 0.2) is 45.5 Å². The number of fused-ring (bicyclic) bond motifs is 1. The fourth-order valence-electron chi connectivity index (χ4n) is 3.68. The van der Waals surface area contributed by atoms with Gasteiger partial charge in [-0.3, -0.25) is 9.59 Å². The number of phenolic OH excluding ortho intramolecular Hbond substituents is 1. The average Bonchev–Trinajstić information content (AvgIpc) is 2.60. The molecule has 1 aromatic carbocycles. The number of carbonyl (C=O) groups is 1. The zero-order chi connectivity index (χ0) is 18.3. The van der Waals surface area contributed by atoms with Crippen molar-refractivity contribution in [3.8, 4) is 5.75 Å². The Hall–Kier alpha value is -2.54. The highest BCUT2D eigenvalue weighted by Gasteiger charge is 2.37. The number of ketones is 1. The number of allylic oxidation sites excluding steroid dienone is 2. The molecule has 2 heterocycles. The Bertz CT molecular complexity index is 980. The second-order valence-corrected chi connectivity index (χ2v) is 7.64. The lowest BCUT2D eigenvalue weighted by atomic mass is 9.76. The lowest BCUT2D eigenvalue weighted by molar-refractivity contribution is -0.116. The molecule has 1 atom stereocenters. The highest BCUT2D eigenvalue weighted by Crippen LogP contribution is 2.43. The molecule has 2 aromatic rings. The molecule has 1 aliphatic carbocycles. The summed E-state index contributed by atoms with van der Waals surface area (Å²) in [6.07, 6.45) is 2.01. The molecule has 0 spiro atoms. The molecule has 0 saturated heterocycles. The van der Waals surface area contributed by atoms with Gasteiger partial charge in [0.1, 0.15) is 11.6 Å². The maximum absolute atomic E-state index is 12.9. The number of carbonyl (C=O) groups excluding carboxylic acids is 1. The van der Waals surface area contributed by atoms with Gasteiger partial charge in [-0.2, -0.15) is 0 Å². The van der Waals surface area contributed by atoms with Crippen molar-refractivity contribution >= 4 is 23.4 Å². The van der Waals surface area contributed by atoms with Crippen LogP contribution in [0.25, 0.3) is 0 Å². The fraction of sp³-hybridized carbons (Fsp3) is 0.316. The first-order chi connectivity index (χ1) is 12.6. The molecular formula is C19H19N3O3S. The first kappa shape index (κ1) is 16.9. The number of hydrogen-bond donors (Lipinski definition) is 3. The van der Waals surface area contributed by atoms with Gasteiger partial charge in [-0.25, -0.2) is 4.98 Å². The van der Waals surface area contributed by atoms with E-state index in [0.717, 1.165) is 29.9 Å². The molecule has 3 N–H and O–H groups in total. The van der Waals surface area contributed by atoms with Gasteiger partial charge >= 0.3 is 0 Å². The summed E-state index contributed by atoms with van der Waals surface area (Å²) in [4.78, 5) is 32.9. The molecule has 7 heteroatoms. The van der Waals surface area contributed by atoms with Crippen molar-refractivity contribution in [2.24, 2.45) is 0 Å². The molecular weight excluding hydrogens is 350 g/mol. The normalized spacial score (nSPS) is 19.0. The number of nitrogens with zero attached hydrogens (tertiary/aromatic N) is 1. The molecule has 2 aliphatic rings. The van der Waals surface area contributed by atoms with Gasteiger partial charge < -0.3 is 15.4 Å². The van der Waals surface area contributed by atoms with E-state index in [4.69, 9.17) is 0 Å². The van der Waals surface area contributed by atoms with Crippen molar-refractivity contribution in [3.05, 3.63) is 57.0 Å². The molecule has 1 aliphatic heterocycles. The van der Waals surface area contributed by atoms with E-state index in [2.05, 4.69) is 15.3 Å². The van der Waals surface area contributed by atoms with Gasteiger partial charge in [0, 0.05) is 23.6 Å². The van der Waals surface area contributed by atoms with E-state index in [0.29, 0.717) is 28.5 Å². The number of benzene rings is 1. The number of aromatic hydroxyl groups is 1. The van der Waals surface area contributed by atoms with Gasteiger partial charge in [0.05, 0.1) is 5.56 Å². The highest BCUT2D eigenvalue weighted by molar-refractivity contribution is 7.99. The molecule has 0 fully saturated rings. The predicted molar refractivity (Wildman–Crippen MR) is 101 cm³/mol. The summed E-state index contributed by atoms with van der Waals surface area (Å²) in [5.41, 5.74) is 2.37. The van der Waals surface area contributed by atoms with Crippen molar-refractivity contribution in [2.45, 2.75) is 37.3 Å². The number of Topliss-reactive ketones (excluding diaryl/α,β-unsaturated/α-hetero) is 1. The van der Waals surface area contributed by atoms with Gasteiger partial charge in [0.25, 0.3) is 5.56 Å². The van der Waals surface area contributed by atoms with Crippen LogP contribution < -0.4 is 10.9 Å². The van der Waals surface area contributed by atoms with Gasteiger partial charge in [-0.05, 0) is 36.3 Å². The molecule has 134 valence electrons. The van der Waals surface area contributed by atoms with Gasteiger partial charge in [0.15, 0.2) is 10.9 Å². The number of aromatic amines is 1. The molecule has 0 radical (unpaired) electrons. The highest BCUT2D eigenvalue weighted by atomic mass is 32.2. The van der Waals surface area contributed by atoms with Crippen LogP contribution in [-0.2, 0) is 4.79 Å². The third-order valence-electron chi connectivity index (χ3n) is 4.72. The minimum atomic E-state index is -0.516. The van der Waals surface area contributed by atoms with Crippen molar-refractivity contribution in [1.29, 1.82) is 0 Å². The zero-order valence-electron chi connectivity index (χ0n) is 14.3. The van der Waals surface area contributed by atoms with Crippen LogP contribution in [0.1, 0.15) is 43.2 Å². The summed E-state index contributed by atoms with van der Waals surface area (Å²) in [6, 6.07) is 6.75. The second kappa shape index (κ2) is 6.64. The third-order valence-corrected chi connectivity index (χ3v) is 5.48. The van der Waals surface area contributed by atoms with Gasteiger partial charge in [0.2, 0.25) is 0 Å². The van der Waals surface area contributed by atoms with Crippen LogP contribution in [0.3, 0.4) is 0 Å². The smallest absolute Gasteiger partial charge is 0.257 e. The third kappa shape index (κ3) is 2.82. The largest absolute Gasteiger partial charge is 0.508 e. The maximum Gasteiger partial charge on any atom is 0.257 e. The zero-order valence-corrected chi connectivity index (χ0v) is 15.2. The summed E-state index contributed by atoms with van der Waals surface area (Å²) in [7, 11) is 0. The predicted octanol–water partition coefficient (Wildman–Crippen LogP) is 3.15. The summed E-state index contributed by atoms with van der Waals surface area (Å²) in [5.74, 6) is 0.939. The molecule has 26 heavy (non-hydrogen) atoms. The Kier molecular flexibility index (Phi) is 4.32. The number of H-pyrrole nitrogens is 1. The van der Waals surface area contributed by atoms with Crippen LogP contribution in [0.5, 0.6) is 5.75 Å². The number of nitrogens with one attached hydrogen (secondary N) is 2. The van der Waals surface area contributed by atoms with E-state index in [-0.39, 0.29) is 17.1 Å². The summed E-state index contributed by atoms with van der Waals surface area (Å²) >= 11 is 1.46. The maximum atomic E-state index is 12.9. The van der Waals surface area contributed by atoms with E-state index >= 15 is 0 Å². The van der Waals surface area contributed by atoms with E-state index in [1.54, 1.807) is 18.2 Å².